The molecule has 2 N–H and O–H groups in total. The molecule has 30 heavy (non-hydrogen) atoms. The summed E-state index contributed by atoms with van der Waals surface area (Å²) < 4.78 is 1.94. The van der Waals surface area contributed by atoms with Crippen LogP contribution in [0.5, 0.6) is 0 Å². The molecule has 0 fully saturated rings. The van der Waals surface area contributed by atoms with E-state index in [1.807, 2.05) is 22.9 Å². The molecule has 2 heterocycles. The largest absolute Gasteiger partial charge is 0.478 e. The quantitative estimate of drug-likeness (QED) is 0.470. The summed E-state index contributed by atoms with van der Waals surface area (Å²) in [5.74, 6) is -1.23. The van der Waals surface area contributed by atoms with Crippen LogP contribution in [0.1, 0.15) is 34.1 Å². The van der Waals surface area contributed by atoms with Crippen LogP contribution in [0.25, 0.3) is 16.2 Å². The van der Waals surface area contributed by atoms with Crippen molar-refractivity contribution >= 4 is 33.9 Å². The minimum Gasteiger partial charge on any atom is -0.478 e. The number of rotatable bonds is 6. The molecular formula is C23H21N3O3S. The highest BCUT2D eigenvalue weighted by atomic mass is 32.1. The number of anilines is 1. The first-order valence-corrected chi connectivity index (χ1v) is 10.5. The molecule has 0 spiro atoms. The van der Waals surface area contributed by atoms with Gasteiger partial charge in [0.15, 0.2) is 4.96 Å². The SMILES string of the molecule is CCc1ccc(-c2cn3c(CC(=O)Nc4cc(C(=O)O)ccc4C)csc3n2)cc1. The third kappa shape index (κ3) is 3.97. The Kier molecular flexibility index (Phi) is 5.37. The Morgan fingerprint density at radius 2 is 1.93 bits per heavy atom. The Morgan fingerprint density at radius 3 is 2.63 bits per heavy atom. The van der Waals surface area contributed by atoms with Gasteiger partial charge < -0.3 is 10.4 Å². The van der Waals surface area contributed by atoms with Gasteiger partial charge in [-0.25, -0.2) is 9.78 Å². The van der Waals surface area contributed by atoms with Gasteiger partial charge in [0.1, 0.15) is 0 Å². The Bertz CT molecular complexity index is 1240. The number of carbonyl (C=O) groups is 2. The molecular weight excluding hydrogens is 398 g/mol. The maximum Gasteiger partial charge on any atom is 0.335 e. The summed E-state index contributed by atoms with van der Waals surface area (Å²) in [5, 5.41) is 13.9. The van der Waals surface area contributed by atoms with Gasteiger partial charge in [-0.05, 0) is 36.6 Å². The van der Waals surface area contributed by atoms with Crippen molar-refractivity contribution in [3.63, 3.8) is 0 Å². The molecule has 1 amide bonds. The van der Waals surface area contributed by atoms with Crippen LogP contribution in [0.3, 0.4) is 0 Å². The van der Waals surface area contributed by atoms with E-state index in [1.165, 1.54) is 29.0 Å². The number of thiazole rings is 1. The van der Waals surface area contributed by atoms with E-state index in [0.717, 1.165) is 33.9 Å². The summed E-state index contributed by atoms with van der Waals surface area (Å²) in [6.45, 7) is 3.95. The number of hydrogen-bond acceptors (Lipinski definition) is 4. The van der Waals surface area contributed by atoms with Crippen LogP contribution in [-0.4, -0.2) is 26.4 Å². The lowest BCUT2D eigenvalue weighted by atomic mass is 10.1. The Labute approximate surface area is 177 Å². The van der Waals surface area contributed by atoms with Crippen LogP contribution in [0, 0.1) is 6.92 Å². The molecule has 0 saturated carbocycles. The van der Waals surface area contributed by atoms with Gasteiger partial charge in [0.05, 0.1) is 17.7 Å². The molecule has 152 valence electrons. The molecule has 2 aromatic heterocycles. The molecule has 4 aromatic rings. The van der Waals surface area contributed by atoms with E-state index in [9.17, 15) is 9.59 Å². The van der Waals surface area contributed by atoms with E-state index in [2.05, 4.69) is 41.5 Å². The summed E-state index contributed by atoms with van der Waals surface area (Å²) in [4.78, 5) is 29.3. The molecule has 0 unspecified atom stereocenters. The average Bonchev–Trinajstić information content (AvgIpc) is 3.31. The van der Waals surface area contributed by atoms with Crippen LogP contribution >= 0.6 is 11.3 Å². The fourth-order valence-electron chi connectivity index (χ4n) is 3.26. The van der Waals surface area contributed by atoms with E-state index in [0.29, 0.717) is 5.69 Å². The molecule has 0 aliphatic carbocycles. The molecule has 7 heteroatoms. The van der Waals surface area contributed by atoms with Gasteiger partial charge >= 0.3 is 5.97 Å². The monoisotopic (exact) mass is 419 g/mol. The third-order valence-electron chi connectivity index (χ3n) is 5.04. The second-order valence-electron chi connectivity index (χ2n) is 7.12. The highest BCUT2D eigenvalue weighted by Gasteiger charge is 2.14. The average molecular weight is 420 g/mol. The van der Waals surface area contributed by atoms with Gasteiger partial charge in [-0.15, -0.1) is 11.3 Å². The van der Waals surface area contributed by atoms with Crippen molar-refractivity contribution in [3.05, 3.63) is 76.4 Å². The van der Waals surface area contributed by atoms with Crippen molar-refractivity contribution in [2.45, 2.75) is 26.7 Å². The van der Waals surface area contributed by atoms with Crippen molar-refractivity contribution < 1.29 is 14.7 Å². The number of carboxylic acid groups (broad SMARTS) is 1. The van der Waals surface area contributed by atoms with Crippen molar-refractivity contribution in [2.24, 2.45) is 0 Å². The third-order valence-corrected chi connectivity index (χ3v) is 5.93. The second kappa shape index (κ2) is 8.12. The molecule has 6 nitrogen and oxygen atoms in total. The highest BCUT2D eigenvalue weighted by Crippen LogP contribution is 2.25. The molecule has 0 atom stereocenters. The lowest BCUT2D eigenvalue weighted by molar-refractivity contribution is -0.115. The Morgan fingerprint density at radius 1 is 1.17 bits per heavy atom. The van der Waals surface area contributed by atoms with Crippen LogP contribution in [0.15, 0.2) is 54.0 Å². The van der Waals surface area contributed by atoms with Crippen molar-refractivity contribution in [1.29, 1.82) is 0 Å². The van der Waals surface area contributed by atoms with E-state index < -0.39 is 5.97 Å². The van der Waals surface area contributed by atoms with Crippen LogP contribution in [0.2, 0.25) is 0 Å². The standard InChI is InChI=1S/C23H21N3O3S/c1-3-15-5-8-16(9-6-15)20-12-26-18(13-30-23(26)25-20)11-21(27)24-19-10-17(22(28)29)7-4-14(19)2/h4-10,12-13H,3,11H2,1-2H3,(H,24,27)(H,28,29). The number of aromatic nitrogens is 2. The summed E-state index contributed by atoms with van der Waals surface area (Å²) >= 11 is 1.49. The predicted octanol–water partition coefficient (Wildman–Crippen LogP) is 4.81. The number of fused-ring (bicyclic) bond motifs is 1. The van der Waals surface area contributed by atoms with E-state index >= 15 is 0 Å². The first-order valence-electron chi connectivity index (χ1n) is 9.63. The van der Waals surface area contributed by atoms with E-state index in [1.54, 1.807) is 6.07 Å². The predicted molar refractivity (Wildman–Crippen MR) is 118 cm³/mol. The summed E-state index contributed by atoms with van der Waals surface area (Å²) in [7, 11) is 0. The van der Waals surface area contributed by atoms with Crippen LogP contribution in [0.4, 0.5) is 5.69 Å². The molecule has 0 aliphatic heterocycles. The van der Waals surface area contributed by atoms with Gasteiger partial charge in [0.2, 0.25) is 5.91 Å². The van der Waals surface area contributed by atoms with Crippen LogP contribution in [-0.2, 0) is 17.6 Å². The maximum atomic E-state index is 12.6. The zero-order valence-electron chi connectivity index (χ0n) is 16.7. The number of carboxylic acids is 1. The topological polar surface area (TPSA) is 83.7 Å². The zero-order valence-corrected chi connectivity index (χ0v) is 17.5. The number of carbonyl (C=O) groups excluding carboxylic acids is 1. The number of nitrogens with zero attached hydrogens (tertiary/aromatic N) is 2. The number of imidazole rings is 1. The molecule has 0 radical (unpaired) electrons. The van der Waals surface area contributed by atoms with Crippen molar-refractivity contribution in [2.75, 3.05) is 5.32 Å². The number of amides is 1. The molecule has 2 aromatic carbocycles. The maximum absolute atomic E-state index is 12.6. The van der Waals surface area contributed by atoms with Gasteiger partial charge in [-0.3, -0.25) is 9.20 Å². The van der Waals surface area contributed by atoms with Crippen LogP contribution < -0.4 is 5.32 Å². The van der Waals surface area contributed by atoms with Gasteiger partial charge in [-0.2, -0.15) is 0 Å². The molecule has 0 aliphatic rings. The van der Waals surface area contributed by atoms with Crippen molar-refractivity contribution in [3.8, 4) is 11.3 Å². The fraction of sp³-hybridized carbons (Fsp3) is 0.174. The van der Waals surface area contributed by atoms with Gasteiger partial charge in [0, 0.05) is 28.5 Å². The highest BCUT2D eigenvalue weighted by molar-refractivity contribution is 7.15. The zero-order chi connectivity index (χ0) is 21.3. The summed E-state index contributed by atoms with van der Waals surface area (Å²) in [5.41, 5.74) is 5.48. The first kappa shape index (κ1) is 19.8. The normalized spacial score (nSPS) is 11.0. The number of aromatic carboxylic acids is 1. The number of nitrogens with one attached hydrogen (secondary N) is 1. The second-order valence-corrected chi connectivity index (χ2v) is 7.95. The molecule has 0 bridgehead atoms. The lowest BCUT2D eigenvalue weighted by Crippen LogP contribution is -2.16. The summed E-state index contributed by atoms with van der Waals surface area (Å²) in [6.07, 6.45) is 3.11. The van der Waals surface area contributed by atoms with Crippen molar-refractivity contribution in [1.82, 2.24) is 9.38 Å². The van der Waals surface area contributed by atoms with E-state index in [-0.39, 0.29) is 17.9 Å². The van der Waals surface area contributed by atoms with Gasteiger partial charge in [-0.1, -0.05) is 37.3 Å². The van der Waals surface area contributed by atoms with E-state index in [4.69, 9.17) is 5.11 Å². The molecule has 0 saturated heterocycles. The Hall–Kier alpha value is -3.45. The Balaban J connectivity index is 1.54. The van der Waals surface area contributed by atoms with Gasteiger partial charge in [0.25, 0.3) is 0 Å². The fourth-order valence-corrected chi connectivity index (χ4v) is 4.13. The smallest absolute Gasteiger partial charge is 0.335 e. The molecule has 4 rings (SSSR count). The minimum atomic E-state index is -1.03. The first-order chi connectivity index (χ1) is 14.4. The lowest BCUT2D eigenvalue weighted by Gasteiger charge is -2.09. The number of hydrogen-bond donors (Lipinski definition) is 2. The minimum absolute atomic E-state index is 0.141. The number of aryl methyl sites for hydroxylation is 2. The number of benzene rings is 2. The summed E-state index contributed by atoms with van der Waals surface area (Å²) in [6, 6.07) is 13.0.